The van der Waals surface area contributed by atoms with Crippen LogP contribution in [0.15, 0.2) is 23.9 Å². The van der Waals surface area contributed by atoms with Gasteiger partial charge in [-0.3, -0.25) is 5.41 Å². The van der Waals surface area contributed by atoms with Crippen molar-refractivity contribution < 1.29 is 0 Å². The minimum absolute atomic E-state index is 0.338. The lowest BCUT2D eigenvalue weighted by atomic mass is 10.3. The average Bonchev–Trinajstić information content (AvgIpc) is 1.64. The number of nitrogens with one attached hydrogen (secondary N) is 1. The van der Waals surface area contributed by atoms with E-state index in [9.17, 15) is 0 Å². The van der Waals surface area contributed by atoms with E-state index in [4.69, 9.17) is 5.41 Å². The first-order valence-electron chi connectivity index (χ1n) is 2.44. The zero-order chi connectivity index (χ0) is 5.98. The fraction of sp³-hybridized carbons (Fsp3) is 0.167. The van der Waals surface area contributed by atoms with Gasteiger partial charge in [-0.25, -0.2) is 5.32 Å². The Morgan fingerprint density at radius 3 is 2.75 bits per heavy atom. The van der Waals surface area contributed by atoms with Crippen LogP contribution >= 0.6 is 0 Å². The summed E-state index contributed by atoms with van der Waals surface area (Å²) >= 11 is 0. The second-order valence-electron chi connectivity index (χ2n) is 1.66. The summed E-state index contributed by atoms with van der Waals surface area (Å²) in [5, 5.41) is 10.9. The molecule has 1 aliphatic heterocycles. The monoisotopic (exact) mass is 107 g/mol. The quantitative estimate of drug-likeness (QED) is 0.480. The first-order valence-corrected chi connectivity index (χ1v) is 2.44. The molecule has 1 N–H and O–H groups in total. The Hall–Kier alpha value is -1.05. The van der Waals surface area contributed by atoms with Gasteiger partial charge in [0, 0.05) is 5.70 Å². The van der Waals surface area contributed by atoms with Crippen molar-refractivity contribution in [3.8, 4) is 0 Å². The van der Waals surface area contributed by atoms with E-state index in [1.165, 1.54) is 0 Å². The van der Waals surface area contributed by atoms with Crippen molar-refractivity contribution in [1.29, 1.82) is 5.41 Å². The molecule has 0 aromatic carbocycles. The first-order chi connectivity index (χ1) is 3.79. The standard InChI is InChI=1S/C6H7N2/c1-5-3-2-4-6(7)8-5/h2-4,7H,1H3. The summed E-state index contributed by atoms with van der Waals surface area (Å²) in [7, 11) is 0. The minimum atomic E-state index is 0.338. The lowest BCUT2D eigenvalue weighted by Gasteiger charge is -2.01. The fourth-order valence-corrected chi connectivity index (χ4v) is 0.543. The Balaban J connectivity index is 2.73. The molecular weight excluding hydrogens is 100 g/mol. The maximum Gasteiger partial charge on any atom is 0.144 e. The highest BCUT2D eigenvalue weighted by atomic mass is 14.9. The van der Waals surface area contributed by atoms with Gasteiger partial charge in [0.2, 0.25) is 0 Å². The number of hydrogen-bond acceptors (Lipinski definition) is 1. The molecule has 0 amide bonds. The highest BCUT2D eigenvalue weighted by Crippen LogP contribution is 1.96. The molecule has 41 valence electrons. The Morgan fingerprint density at radius 2 is 2.38 bits per heavy atom. The van der Waals surface area contributed by atoms with Crippen molar-refractivity contribution in [3.63, 3.8) is 0 Å². The van der Waals surface area contributed by atoms with E-state index in [1.807, 2.05) is 19.1 Å². The zero-order valence-corrected chi connectivity index (χ0v) is 4.68. The van der Waals surface area contributed by atoms with Crippen LogP contribution in [0.4, 0.5) is 0 Å². The Labute approximate surface area is 48.4 Å². The molecule has 0 bridgehead atoms. The molecule has 0 saturated heterocycles. The SMILES string of the molecule is CC1=CC=CC(=N)[N]1. The molecule has 2 nitrogen and oxygen atoms in total. The molecule has 1 radical (unpaired) electrons. The molecule has 0 aromatic heterocycles. The Kier molecular flexibility index (Phi) is 1.16. The van der Waals surface area contributed by atoms with E-state index < -0.39 is 0 Å². The molecule has 0 fully saturated rings. The molecular formula is C6H7N2. The molecule has 8 heavy (non-hydrogen) atoms. The largest absolute Gasteiger partial charge is 0.283 e. The number of nitrogens with zero attached hydrogens (tertiary/aromatic N) is 1. The summed E-state index contributed by atoms with van der Waals surface area (Å²) in [6.07, 6.45) is 5.36. The van der Waals surface area contributed by atoms with Gasteiger partial charge >= 0.3 is 0 Å². The molecule has 1 heterocycles. The molecule has 1 rings (SSSR count). The third-order valence-corrected chi connectivity index (χ3v) is 0.888. The predicted molar refractivity (Wildman–Crippen MR) is 32.8 cm³/mol. The Bertz CT molecular complexity index is 165. The van der Waals surface area contributed by atoms with Crippen LogP contribution in [0.1, 0.15) is 6.92 Å². The van der Waals surface area contributed by atoms with Crippen LogP contribution in [-0.4, -0.2) is 5.84 Å². The summed E-state index contributed by atoms with van der Waals surface area (Å²) in [6, 6.07) is 0. The second kappa shape index (κ2) is 1.82. The maximum absolute atomic E-state index is 7.02. The minimum Gasteiger partial charge on any atom is -0.283 e. The van der Waals surface area contributed by atoms with Crippen molar-refractivity contribution in [1.82, 2.24) is 5.32 Å². The molecule has 0 atom stereocenters. The van der Waals surface area contributed by atoms with Gasteiger partial charge < -0.3 is 0 Å². The normalized spacial score (nSPS) is 17.6. The molecule has 1 aliphatic rings. The highest BCUT2D eigenvalue weighted by Gasteiger charge is 1.96. The van der Waals surface area contributed by atoms with Gasteiger partial charge in [0.15, 0.2) is 0 Å². The molecule has 0 spiro atoms. The first kappa shape index (κ1) is 5.09. The van der Waals surface area contributed by atoms with Crippen LogP contribution in [0.25, 0.3) is 0 Å². The number of amidine groups is 1. The van der Waals surface area contributed by atoms with Crippen molar-refractivity contribution in [2.75, 3.05) is 0 Å². The number of rotatable bonds is 0. The van der Waals surface area contributed by atoms with E-state index in [1.54, 1.807) is 6.08 Å². The van der Waals surface area contributed by atoms with E-state index in [2.05, 4.69) is 5.32 Å². The van der Waals surface area contributed by atoms with Gasteiger partial charge in [0.25, 0.3) is 0 Å². The van der Waals surface area contributed by atoms with Gasteiger partial charge in [-0.2, -0.15) is 0 Å². The lowest BCUT2D eigenvalue weighted by molar-refractivity contribution is 1.08. The van der Waals surface area contributed by atoms with Crippen molar-refractivity contribution in [2.45, 2.75) is 6.92 Å². The van der Waals surface area contributed by atoms with Crippen LogP contribution < -0.4 is 5.32 Å². The van der Waals surface area contributed by atoms with Crippen LogP contribution in [0.3, 0.4) is 0 Å². The summed E-state index contributed by atoms with van der Waals surface area (Å²) < 4.78 is 0. The van der Waals surface area contributed by atoms with Crippen molar-refractivity contribution in [3.05, 3.63) is 23.9 Å². The maximum atomic E-state index is 7.02. The van der Waals surface area contributed by atoms with Crippen molar-refractivity contribution in [2.24, 2.45) is 0 Å². The summed E-state index contributed by atoms with van der Waals surface area (Å²) in [4.78, 5) is 0. The molecule has 0 unspecified atom stereocenters. The van der Waals surface area contributed by atoms with Gasteiger partial charge in [0.1, 0.15) is 5.84 Å². The highest BCUT2D eigenvalue weighted by molar-refractivity contribution is 5.92. The summed E-state index contributed by atoms with van der Waals surface area (Å²) in [5.41, 5.74) is 0.900. The van der Waals surface area contributed by atoms with Crippen LogP contribution in [0.5, 0.6) is 0 Å². The topological polar surface area (TPSA) is 38.0 Å². The fourth-order valence-electron chi connectivity index (χ4n) is 0.543. The summed E-state index contributed by atoms with van der Waals surface area (Å²) in [5.74, 6) is 0.338. The third-order valence-electron chi connectivity index (χ3n) is 0.888. The zero-order valence-electron chi connectivity index (χ0n) is 4.68. The van der Waals surface area contributed by atoms with Crippen molar-refractivity contribution >= 4 is 5.84 Å². The predicted octanol–water partition coefficient (Wildman–Crippen LogP) is 1.04. The van der Waals surface area contributed by atoms with E-state index in [-0.39, 0.29) is 0 Å². The van der Waals surface area contributed by atoms with Gasteiger partial charge in [-0.1, -0.05) is 6.08 Å². The molecule has 0 aliphatic carbocycles. The number of hydrogen-bond donors (Lipinski definition) is 1. The second-order valence-corrected chi connectivity index (χ2v) is 1.66. The van der Waals surface area contributed by atoms with Crippen LogP contribution in [0, 0.1) is 5.41 Å². The van der Waals surface area contributed by atoms with E-state index >= 15 is 0 Å². The molecule has 2 heteroatoms. The van der Waals surface area contributed by atoms with Gasteiger partial charge in [0.05, 0.1) is 0 Å². The van der Waals surface area contributed by atoms with Gasteiger partial charge in [-0.15, -0.1) is 0 Å². The lowest BCUT2D eigenvalue weighted by Crippen LogP contribution is -2.11. The van der Waals surface area contributed by atoms with Gasteiger partial charge in [-0.05, 0) is 19.1 Å². The molecule has 0 aromatic rings. The average molecular weight is 107 g/mol. The Morgan fingerprint density at radius 1 is 1.62 bits per heavy atom. The van der Waals surface area contributed by atoms with E-state index in [0.717, 1.165) is 5.70 Å². The van der Waals surface area contributed by atoms with Crippen LogP contribution in [-0.2, 0) is 0 Å². The van der Waals surface area contributed by atoms with Crippen LogP contribution in [0.2, 0.25) is 0 Å². The third kappa shape index (κ3) is 0.964. The number of allylic oxidation sites excluding steroid dienone is 3. The smallest absolute Gasteiger partial charge is 0.144 e. The molecule has 0 saturated carbocycles. The van der Waals surface area contributed by atoms with E-state index in [0.29, 0.717) is 5.84 Å². The summed E-state index contributed by atoms with van der Waals surface area (Å²) in [6.45, 7) is 1.87.